The number of benzene rings is 3. The highest BCUT2D eigenvalue weighted by Gasteiger charge is 2.31. The van der Waals surface area contributed by atoms with Crippen LogP contribution in [0.1, 0.15) is 38.8 Å². The van der Waals surface area contributed by atoms with E-state index in [0.29, 0.717) is 40.5 Å². The second-order valence-electron chi connectivity index (χ2n) is 6.87. The minimum atomic E-state index is -0.485. The van der Waals surface area contributed by atoms with Crippen LogP contribution in [0, 0.1) is 6.92 Å². The van der Waals surface area contributed by atoms with Crippen LogP contribution < -0.4 is 14.2 Å². The lowest BCUT2D eigenvalue weighted by atomic mass is 10.1. The molecule has 0 saturated heterocycles. The molecule has 0 aromatic heterocycles. The van der Waals surface area contributed by atoms with Crippen molar-refractivity contribution in [2.45, 2.75) is 13.8 Å². The normalized spacial score (nSPS) is 13.6. The average molecular weight is 479 g/mol. The van der Waals surface area contributed by atoms with Gasteiger partial charge in [0.05, 0.1) is 17.7 Å². The number of rotatable bonds is 5. The molecule has 3 aromatic carbocycles. The van der Waals surface area contributed by atoms with E-state index >= 15 is 0 Å². The molecular formula is C25H19BrO5. The topological polar surface area (TPSA) is 61.8 Å². The third-order valence-corrected chi connectivity index (χ3v) is 5.35. The molecule has 0 bridgehead atoms. The van der Waals surface area contributed by atoms with Crippen LogP contribution in [0.2, 0.25) is 0 Å². The summed E-state index contributed by atoms with van der Waals surface area (Å²) in [4.78, 5) is 25.3. The maximum Gasteiger partial charge on any atom is 0.343 e. The Kier molecular flexibility index (Phi) is 5.91. The summed E-state index contributed by atoms with van der Waals surface area (Å²) in [6, 6.07) is 17.5. The second-order valence-corrected chi connectivity index (χ2v) is 7.79. The Morgan fingerprint density at radius 1 is 1.03 bits per heavy atom. The predicted octanol–water partition coefficient (Wildman–Crippen LogP) is 5.99. The van der Waals surface area contributed by atoms with E-state index in [2.05, 4.69) is 15.9 Å². The molecule has 1 heterocycles. The van der Waals surface area contributed by atoms with E-state index in [9.17, 15) is 9.59 Å². The Morgan fingerprint density at radius 2 is 1.77 bits per heavy atom. The maximum atomic E-state index is 12.9. The van der Waals surface area contributed by atoms with E-state index in [-0.39, 0.29) is 11.5 Å². The van der Waals surface area contributed by atoms with E-state index < -0.39 is 5.97 Å². The smallest absolute Gasteiger partial charge is 0.343 e. The van der Waals surface area contributed by atoms with Crippen molar-refractivity contribution in [2.24, 2.45) is 0 Å². The highest BCUT2D eigenvalue weighted by Crippen LogP contribution is 2.40. The van der Waals surface area contributed by atoms with E-state index in [1.165, 1.54) is 0 Å². The number of halogens is 1. The molecule has 0 unspecified atom stereocenters. The van der Waals surface area contributed by atoms with Gasteiger partial charge >= 0.3 is 5.97 Å². The van der Waals surface area contributed by atoms with Crippen molar-refractivity contribution >= 4 is 33.8 Å². The summed E-state index contributed by atoms with van der Waals surface area (Å²) >= 11 is 3.34. The molecule has 1 aliphatic heterocycles. The highest BCUT2D eigenvalue weighted by molar-refractivity contribution is 9.10. The van der Waals surface area contributed by atoms with Gasteiger partial charge in [0.1, 0.15) is 17.2 Å². The van der Waals surface area contributed by atoms with Gasteiger partial charge in [-0.05, 0) is 62.4 Å². The van der Waals surface area contributed by atoms with Crippen LogP contribution >= 0.6 is 15.9 Å². The number of carbonyl (C=O) groups excluding carboxylic acids is 2. The number of Topliss-reactive ketones (excluding diaryl/α,β-unsaturated/α-hetero) is 1. The first kappa shape index (κ1) is 20.9. The van der Waals surface area contributed by atoms with Crippen molar-refractivity contribution in [2.75, 3.05) is 6.61 Å². The van der Waals surface area contributed by atoms with Gasteiger partial charge in [-0.3, -0.25) is 4.79 Å². The summed E-state index contributed by atoms with van der Waals surface area (Å²) in [5.41, 5.74) is 2.19. The van der Waals surface area contributed by atoms with Crippen LogP contribution in [0.15, 0.2) is 70.9 Å². The Balaban J connectivity index is 1.61. The van der Waals surface area contributed by atoms with E-state index in [1.54, 1.807) is 49.4 Å². The van der Waals surface area contributed by atoms with Gasteiger partial charge in [0.25, 0.3) is 0 Å². The Labute approximate surface area is 188 Å². The molecule has 156 valence electrons. The molecule has 0 N–H and O–H groups in total. The Bertz CT molecular complexity index is 1200. The molecule has 1 aliphatic rings. The molecule has 0 saturated carbocycles. The standard InChI is InChI=1S/C25H19BrO5/c1-3-29-21-7-5-4-6-17(21)14-22-23(27)19-12-13-20(15(2)24(19)30-22)31-25(28)16-8-10-18(26)11-9-16/h4-14H,3H2,1-2H3/b22-14-. The lowest BCUT2D eigenvalue weighted by Crippen LogP contribution is -2.09. The van der Waals surface area contributed by atoms with E-state index in [0.717, 1.165) is 10.0 Å². The fraction of sp³-hybridized carbons (Fsp3) is 0.120. The minimum absolute atomic E-state index is 0.196. The van der Waals surface area contributed by atoms with Crippen LogP contribution in [0.25, 0.3) is 6.08 Å². The molecule has 0 fully saturated rings. The van der Waals surface area contributed by atoms with Gasteiger partial charge < -0.3 is 14.2 Å². The summed E-state index contributed by atoms with van der Waals surface area (Å²) in [5, 5.41) is 0. The maximum absolute atomic E-state index is 12.9. The summed E-state index contributed by atoms with van der Waals surface area (Å²) < 4.78 is 17.9. The fourth-order valence-electron chi connectivity index (χ4n) is 3.25. The lowest BCUT2D eigenvalue weighted by molar-refractivity contribution is 0.0733. The third kappa shape index (κ3) is 4.25. The molecule has 0 radical (unpaired) electrons. The SMILES string of the molecule is CCOc1ccccc1/C=C1\Oc2c(ccc(OC(=O)c3ccc(Br)cc3)c2C)C1=O. The molecule has 6 heteroatoms. The fourth-order valence-corrected chi connectivity index (χ4v) is 3.52. The molecule has 0 aliphatic carbocycles. The van der Waals surface area contributed by atoms with E-state index in [1.807, 2.05) is 31.2 Å². The first-order valence-electron chi connectivity index (χ1n) is 9.75. The van der Waals surface area contributed by atoms with Crippen LogP contribution in [0.5, 0.6) is 17.2 Å². The van der Waals surface area contributed by atoms with Crippen molar-refractivity contribution in [1.29, 1.82) is 0 Å². The van der Waals surface area contributed by atoms with Gasteiger partial charge in [-0.1, -0.05) is 34.1 Å². The number of hydrogen-bond acceptors (Lipinski definition) is 5. The zero-order valence-corrected chi connectivity index (χ0v) is 18.6. The number of hydrogen-bond donors (Lipinski definition) is 0. The Hall–Kier alpha value is -3.38. The number of ether oxygens (including phenoxy) is 3. The minimum Gasteiger partial charge on any atom is -0.493 e. The first-order valence-corrected chi connectivity index (χ1v) is 10.5. The van der Waals surface area contributed by atoms with Crippen molar-refractivity contribution < 1.29 is 23.8 Å². The van der Waals surface area contributed by atoms with Gasteiger partial charge in [0, 0.05) is 15.6 Å². The molecule has 5 nitrogen and oxygen atoms in total. The lowest BCUT2D eigenvalue weighted by Gasteiger charge is -2.10. The first-order chi connectivity index (χ1) is 15.0. The van der Waals surface area contributed by atoms with Gasteiger partial charge in [-0.15, -0.1) is 0 Å². The molecule has 0 atom stereocenters. The molecule has 3 aromatic rings. The zero-order chi connectivity index (χ0) is 22.0. The van der Waals surface area contributed by atoms with Crippen LogP contribution in [0.3, 0.4) is 0 Å². The zero-order valence-electron chi connectivity index (χ0n) is 17.0. The van der Waals surface area contributed by atoms with Gasteiger partial charge in [0.2, 0.25) is 5.78 Å². The molecule has 0 amide bonds. The predicted molar refractivity (Wildman–Crippen MR) is 121 cm³/mol. The number of ketones is 1. The summed E-state index contributed by atoms with van der Waals surface area (Å²) in [6.07, 6.45) is 1.67. The average Bonchev–Trinajstić information content (AvgIpc) is 3.08. The molecular weight excluding hydrogens is 460 g/mol. The summed E-state index contributed by atoms with van der Waals surface area (Å²) in [5.74, 6) is 0.894. The largest absolute Gasteiger partial charge is 0.493 e. The Morgan fingerprint density at radius 3 is 2.52 bits per heavy atom. The van der Waals surface area contributed by atoms with Crippen molar-refractivity contribution in [1.82, 2.24) is 0 Å². The second kappa shape index (κ2) is 8.78. The van der Waals surface area contributed by atoms with Crippen LogP contribution in [0.4, 0.5) is 0 Å². The number of fused-ring (bicyclic) bond motifs is 1. The van der Waals surface area contributed by atoms with Crippen molar-refractivity contribution in [3.63, 3.8) is 0 Å². The summed E-state index contributed by atoms with van der Waals surface area (Å²) in [7, 11) is 0. The number of esters is 1. The number of allylic oxidation sites excluding steroid dienone is 1. The number of carbonyl (C=O) groups is 2. The van der Waals surface area contributed by atoms with Crippen molar-refractivity contribution in [3.8, 4) is 17.2 Å². The quantitative estimate of drug-likeness (QED) is 0.256. The molecule has 31 heavy (non-hydrogen) atoms. The van der Waals surface area contributed by atoms with Crippen LogP contribution in [-0.2, 0) is 0 Å². The van der Waals surface area contributed by atoms with Gasteiger partial charge in [-0.2, -0.15) is 0 Å². The molecule has 0 spiro atoms. The number of para-hydroxylation sites is 1. The third-order valence-electron chi connectivity index (χ3n) is 4.82. The summed E-state index contributed by atoms with van der Waals surface area (Å²) in [6.45, 7) is 4.17. The van der Waals surface area contributed by atoms with Gasteiger partial charge in [0.15, 0.2) is 5.76 Å². The molecule has 4 rings (SSSR count). The monoisotopic (exact) mass is 478 g/mol. The van der Waals surface area contributed by atoms with E-state index in [4.69, 9.17) is 14.2 Å². The van der Waals surface area contributed by atoms with Crippen LogP contribution in [-0.4, -0.2) is 18.4 Å². The van der Waals surface area contributed by atoms with Gasteiger partial charge in [-0.25, -0.2) is 4.79 Å². The highest BCUT2D eigenvalue weighted by atomic mass is 79.9. The van der Waals surface area contributed by atoms with Crippen molar-refractivity contribution in [3.05, 3.63) is 93.1 Å².